The first-order valence-corrected chi connectivity index (χ1v) is 12.6. The zero-order valence-corrected chi connectivity index (χ0v) is 19.7. The molecule has 2 aromatic carbocycles. The van der Waals surface area contributed by atoms with Crippen molar-refractivity contribution in [3.63, 3.8) is 0 Å². The van der Waals surface area contributed by atoms with Gasteiger partial charge < -0.3 is 0 Å². The van der Waals surface area contributed by atoms with Crippen LogP contribution in [0.4, 0.5) is 27.8 Å². The van der Waals surface area contributed by atoms with Crippen LogP contribution in [0.15, 0.2) is 77.8 Å². The fourth-order valence-electron chi connectivity index (χ4n) is 4.57. The Morgan fingerprint density at radius 2 is 1.68 bits per heavy atom. The lowest BCUT2D eigenvalue weighted by Crippen LogP contribution is -2.14. The highest BCUT2D eigenvalue weighted by Gasteiger charge is 2.33. The van der Waals surface area contributed by atoms with Crippen LogP contribution in [-0.2, 0) is 22.6 Å². The standard InChI is InChI=1S/C26H18F5N3O2S/c27-23-11-5-16(14-32-23)22-13-17(26(29,30)31)6-9-21(22)20-8-4-15-12-18(7-10-19(15)20)37(35,36)34-25-3-1-2-24(28)33-25/h1-3,5-7,9-14,20H,4,8H2,(H,33,34)/t20-/m1/s1. The van der Waals surface area contributed by atoms with Crippen molar-refractivity contribution >= 4 is 15.8 Å². The Labute approximate surface area is 209 Å². The molecule has 0 saturated heterocycles. The number of aryl methyl sites for hydroxylation is 1. The average molecular weight is 532 g/mol. The van der Waals surface area contributed by atoms with Crippen LogP contribution in [0.5, 0.6) is 0 Å². The van der Waals surface area contributed by atoms with E-state index >= 15 is 0 Å². The van der Waals surface area contributed by atoms with Crippen molar-refractivity contribution in [3.05, 3.63) is 107 Å². The number of alkyl halides is 3. The molecule has 11 heteroatoms. The number of nitrogens with zero attached hydrogens (tertiary/aromatic N) is 2. The highest BCUT2D eigenvalue weighted by molar-refractivity contribution is 7.92. The van der Waals surface area contributed by atoms with Crippen LogP contribution in [0.1, 0.15) is 34.6 Å². The van der Waals surface area contributed by atoms with Crippen LogP contribution in [0, 0.1) is 11.9 Å². The predicted molar refractivity (Wildman–Crippen MR) is 126 cm³/mol. The molecule has 1 atom stereocenters. The number of hydrogen-bond acceptors (Lipinski definition) is 4. The molecule has 5 rings (SSSR count). The van der Waals surface area contributed by atoms with Crippen molar-refractivity contribution in [2.24, 2.45) is 0 Å². The summed E-state index contributed by atoms with van der Waals surface area (Å²) in [5.74, 6) is -2.06. The molecule has 1 N–H and O–H groups in total. The second-order valence-electron chi connectivity index (χ2n) is 8.57. The Morgan fingerprint density at radius 1 is 0.892 bits per heavy atom. The topological polar surface area (TPSA) is 72.0 Å². The number of fused-ring (bicyclic) bond motifs is 1. The molecule has 0 unspecified atom stereocenters. The van der Waals surface area contributed by atoms with Crippen molar-refractivity contribution in [1.29, 1.82) is 0 Å². The van der Waals surface area contributed by atoms with Crippen LogP contribution in [0.2, 0.25) is 0 Å². The van der Waals surface area contributed by atoms with Gasteiger partial charge in [0, 0.05) is 17.7 Å². The van der Waals surface area contributed by atoms with E-state index in [9.17, 15) is 30.4 Å². The zero-order valence-electron chi connectivity index (χ0n) is 18.9. The Kier molecular flexibility index (Phi) is 6.18. The molecule has 0 saturated carbocycles. The summed E-state index contributed by atoms with van der Waals surface area (Å²) < 4.78 is 95.1. The van der Waals surface area contributed by atoms with Gasteiger partial charge in [0.15, 0.2) is 0 Å². The predicted octanol–water partition coefficient (Wildman–Crippen LogP) is 6.32. The van der Waals surface area contributed by atoms with Crippen molar-refractivity contribution in [3.8, 4) is 11.1 Å². The third-order valence-corrected chi connectivity index (χ3v) is 7.60. The molecular weight excluding hydrogens is 513 g/mol. The van der Waals surface area contributed by atoms with E-state index in [4.69, 9.17) is 0 Å². The van der Waals surface area contributed by atoms with Crippen molar-refractivity contribution in [1.82, 2.24) is 9.97 Å². The Balaban J connectivity index is 1.52. The van der Waals surface area contributed by atoms with Gasteiger partial charge >= 0.3 is 6.18 Å². The van der Waals surface area contributed by atoms with Gasteiger partial charge in [-0.15, -0.1) is 0 Å². The lowest BCUT2D eigenvalue weighted by atomic mass is 9.86. The van der Waals surface area contributed by atoms with Crippen molar-refractivity contribution < 1.29 is 30.4 Å². The minimum absolute atomic E-state index is 0.0478. The number of pyridine rings is 2. The highest BCUT2D eigenvalue weighted by Crippen LogP contribution is 2.44. The summed E-state index contributed by atoms with van der Waals surface area (Å²) in [6.07, 6.45) is -2.36. The summed E-state index contributed by atoms with van der Waals surface area (Å²) in [6.45, 7) is 0. The van der Waals surface area contributed by atoms with Gasteiger partial charge in [-0.1, -0.05) is 18.2 Å². The van der Waals surface area contributed by atoms with E-state index < -0.39 is 33.7 Å². The van der Waals surface area contributed by atoms with Gasteiger partial charge in [0.05, 0.1) is 10.5 Å². The SMILES string of the molecule is O=S(=O)(Nc1cccc(F)n1)c1ccc2c(c1)CC[C@H]2c1ccc(C(F)(F)F)cc1-c1ccc(F)nc1. The minimum atomic E-state index is -4.57. The van der Waals surface area contributed by atoms with Gasteiger partial charge in [0.1, 0.15) is 5.82 Å². The van der Waals surface area contributed by atoms with E-state index in [1.54, 1.807) is 6.07 Å². The van der Waals surface area contributed by atoms with Crippen LogP contribution in [-0.4, -0.2) is 18.4 Å². The average Bonchev–Trinajstić information content (AvgIpc) is 3.27. The largest absolute Gasteiger partial charge is 0.416 e. The molecule has 5 nitrogen and oxygen atoms in total. The normalized spacial score (nSPS) is 15.4. The summed E-state index contributed by atoms with van der Waals surface area (Å²) in [4.78, 5) is 7.05. The van der Waals surface area contributed by atoms with Gasteiger partial charge in [-0.05, 0) is 83.6 Å². The maximum Gasteiger partial charge on any atom is 0.416 e. The fourth-order valence-corrected chi connectivity index (χ4v) is 5.62. The number of aromatic nitrogens is 2. The van der Waals surface area contributed by atoms with E-state index in [0.29, 0.717) is 24.0 Å². The molecule has 0 bridgehead atoms. The molecular formula is C26H18F5N3O2S. The highest BCUT2D eigenvalue weighted by atomic mass is 32.2. The van der Waals surface area contributed by atoms with Crippen LogP contribution < -0.4 is 4.72 Å². The maximum absolute atomic E-state index is 13.5. The van der Waals surface area contributed by atoms with Gasteiger partial charge in [0.2, 0.25) is 11.9 Å². The molecule has 4 aromatic rings. The molecule has 2 aromatic heterocycles. The smallest absolute Gasteiger partial charge is 0.263 e. The number of hydrogen-bond donors (Lipinski definition) is 1. The second kappa shape index (κ2) is 9.22. The van der Waals surface area contributed by atoms with Crippen LogP contribution in [0.25, 0.3) is 11.1 Å². The van der Waals surface area contributed by atoms with E-state index in [0.717, 1.165) is 35.4 Å². The Morgan fingerprint density at radius 3 is 2.38 bits per heavy atom. The monoisotopic (exact) mass is 531 g/mol. The third-order valence-electron chi connectivity index (χ3n) is 6.25. The number of halogens is 5. The van der Waals surface area contributed by atoms with Gasteiger partial charge in [-0.25, -0.2) is 18.4 Å². The Bertz CT molecular complexity index is 1590. The van der Waals surface area contributed by atoms with Crippen LogP contribution in [0.3, 0.4) is 0 Å². The van der Waals surface area contributed by atoms with E-state index in [1.807, 2.05) is 0 Å². The first-order chi connectivity index (χ1) is 17.5. The summed E-state index contributed by atoms with van der Waals surface area (Å²) in [5, 5.41) is 0. The van der Waals surface area contributed by atoms with Crippen LogP contribution >= 0.6 is 0 Å². The molecule has 190 valence electrons. The minimum Gasteiger partial charge on any atom is -0.263 e. The first-order valence-electron chi connectivity index (χ1n) is 11.1. The molecule has 0 amide bonds. The third kappa shape index (κ3) is 5.04. The molecule has 0 radical (unpaired) electrons. The van der Waals surface area contributed by atoms with E-state index in [-0.39, 0.29) is 22.2 Å². The first kappa shape index (κ1) is 24.8. The van der Waals surface area contributed by atoms with Gasteiger partial charge in [0.25, 0.3) is 10.0 Å². The zero-order chi connectivity index (χ0) is 26.4. The lowest BCUT2D eigenvalue weighted by Gasteiger charge is -2.19. The second-order valence-corrected chi connectivity index (χ2v) is 10.3. The molecule has 37 heavy (non-hydrogen) atoms. The number of rotatable bonds is 5. The maximum atomic E-state index is 13.5. The number of sulfonamides is 1. The number of anilines is 1. The van der Waals surface area contributed by atoms with E-state index in [2.05, 4.69) is 14.7 Å². The summed E-state index contributed by atoms with van der Waals surface area (Å²) >= 11 is 0. The fraction of sp³-hybridized carbons (Fsp3) is 0.154. The van der Waals surface area contributed by atoms with Crippen molar-refractivity contribution in [2.75, 3.05) is 4.72 Å². The van der Waals surface area contributed by atoms with E-state index in [1.165, 1.54) is 42.6 Å². The van der Waals surface area contributed by atoms with Gasteiger partial charge in [-0.3, -0.25) is 4.72 Å². The number of benzene rings is 2. The molecule has 1 aliphatic carbocycles. The summed E-state index contributed by atoms with van der Waals surface area (Å²) in [5.41, 5.74) is 1.87. The molecule has 0 aliphatic heterocycles. The molecule has 2 heterocycles. The summed E-state index contributed by atoms with van der Waals surface area (Å²) in [6, 6.07) is 14.1. The molecule has 0 spiro atoms. The quantitative estimate of drug-likeness (QED) is 0.242. The molecule has 0 fully saturated rings. The van der Waals surface area contributed by atoms with Gasteiger partial charge in [-0.2, -0.15) is 22.0 Å². The lowest BCUT2D eigenvalue weighted by molar-refractivity contribution is -0.137. The molecule has 1 aliphatic rings. The Hall–Kier alpha value is -3.86. The van der Waals surface area contributed by atoms with Crippen molar-refractivity contribution in [2.45, 2.75) is 29.8 Å². The summed E-state index contributed by atoms with van der Waals surface area (Å²) in [7, 11) is -4.06. The number of nitrogens with one attached hydrogen (secondary N) is 1.